The summed E-state index contributed by atoms with van der Waals surface area (Å²) in [6.45, 7) is 5.54. The summed E-state index contributed by atoms with van der Waals surface area (Å²) in [5.74, 6) is 0. The summed E-state index contributed by atoms with van der Waals surface area (Å²) in [6, 6.07) is 34.2. The monoisotopic (exact) mass is 470 g/mol. The van der Waals surface area contributed by atoms with E-state index >= 15 is 0 Å². The second-order valence-electron chi connectivity index (χ2n) is 10.9. The topological polar surface area (TPSA) is 15.6 Å². The van der Waals surface area contributed by atoms with Gasteiger partial charge < -0.3 is 0 Å². The van der Waals surface area contributed by atoms with Gasteiger partial charge in [0.15, 0.2) is 0 Å². The summed E-state index contributed by atoms with van der Waals surface area (Å²) in [7, 11) is 2.40. The fourth-order valence-electron chi connectivity index (χ4n) is 7.01. The van der Waals surface area contributed by atoms with Crippen molar-refractivity contribution in [3.05, 3.63) is 91.0 Å². The Balaban J connectivity index is 1.25. The van der Waals surface area contributed by atoms with Crippen LogP contribution in [-0.4, -0.2) is 46.2 Å². The molecule has 0 amide bonds. The number of fused-ring (bicyclic) bond motifs is 7. The van der Waals surface area contributed by atoms with Crippen LogP contribution in [-0.2, 0) is 0 Å². The molecule has 2 nitrogen and oxygen atoms in total. The van der Waals surface area contributed by atoms with Crippen molar-refractivity contribution in [1.82, 2.24) is 0 Å². The molecule has 35 heavy (non-hydrogen) atoms. The first-order chi connectivity index (χ1) is 17.3. The SMILES string of the molecule is [B]1B2[B-]P12(N=[P+]1B2[B-]B21)c1ccccc1N1c2ccccc2B2c3ccccc3-c3cccc1c32. The minimum atomic E-state index is -2.28. The Hall–Kier alpha value is -2.34. The molecule has 0 N–H and O–H groups in total. The van der Waals surface area contributed by atoms with Gasteiger partial charge in [-0.2, -0.15) is 0 Å². The number of rotatable bonds is 3. The normalized spacial score (nSPS) is 22.0. The first-order valence-electron chi connectivity index (χ1n) is 12.6. The molecule has 6 heterocycles. The van der Waals surface area contributed by atoms with E-state index in [0.717, 1.165) is 12.4 Å². The van der Waals surface area contributed by atoms with Gasteiger partial charge in [0.1, 0.15) is 0 Å². The average Bonchev–Trinajstić information content (AvgIpc) is 3.80. The maximum absolute atomic E-state index is 5.71. The van der Waals surface area contributed by atoms with Gasteiger partial charge in [-0.1, -0.05) is 0 Å². The van der Waals surface area contributed by atoms with Gasteiger partial charge in [-0.25, -0.2) is 0 Å². The van der Waals surface area contributed by atoms with Crippen molar-refractivity contribution in [2.75, 3.05) is 4.90 Å². The maximum atomic E-state index is 5.71. The second-order valence-corrected chi connectivity index (χ2v) is 17.8. The molecule has 0 bridgehead atoms. The summed E-state index contributed by atoms with van der Waals surface area (Å²) in [5.41, 5.74) is 11.1. The number of benzene rings is 4. The van der Waals surface area contributed by atoms with Crippen molar-refractivity contribution in [3.8, 4) is 11.1 Å². The molecule has 0 atom stereocenters. The van der Waals surface area contributed by atoms with E-state index in [9.17, 15) is 0 Å². The van der Waals surface area contributed by atoms with Crippen molar-refractivity contribution in [2.45, 2.75) is 0 Å². The van der Waals surface area contributed by atoms with Crippen LogP contribution in [0.15, 0.2) is 95.5 Å². The third-order valence-electron chi connectivity index (χ3n) is 9.12. The van der Waals surface area contributed by atoms with Gasteiger partial charge in [0.2, 0.25) is 0 Å². The summed E-state index contributed by atoms with van der Waals surface area (Å²) in [5, 5.41) is 1.50. The van der Waals surface area contributed by atoms with Crippen LogP contribution in [0.25, 0.3) is 11.1 Å². The Morgan fingerprint density at radius 3 is 2.17 bits per heavy atom. The predicted octanol–water partition coefficient (Wildman–Crippen LogP) is 2.76. The molecule has 0 spiro atoms. The van der Waals surface area contributed by atoms with Crippen molar-refractivity contribution in [1.29, 1.82) is 0 Å². The van der Waals surface area contributed by atoms with E-state index in [1.165, 1.54) is 49.9 Å². The number of anilines is 3. The first kappa shape index (κ1) is 18.9. The molecule has 0 aromatic heterocycles. The molecule has 0 saturated carbocycles. The standard InChI is InChI=1S/C24H15B7N2P2/c1-2-10-18-16(8-1)17-9-7-14-22-24(17)28(18)19-11-3-4-12-20(19)33(22)21-13-5-6-15-23(21)35(26-29(35)27-35)32-34-30-25-31(30)34/h1-15H/q-1. The molecule has 6 aliphatic rings. The second kappa shape index (κ2) is 5.80. The van der Waals surface area contributed by atoms with Crippen LogP contribution in [0.1, 0.15) is 0 Å². The van der Waals surface area contributed by atoms with Gasteiger partial charge in [0.05, 0.1) is 0 Å². The quantitative estimate of drug-likeness (QED) is 0.288. The third-order valence-corrected chi connectivity index (χ3v) is 17.6. The van der Waals surface area contributed by atoms with Crippen LogP contribution in [0.4, 0.5) is 17.1 Å². The molecule has 10 rings (SSSR count). The van der Waals surface area contributed by atoms with Crippen molar-refractivity contribution >= 4 is 98.8 Å². The molecule has 153 valence electrons. The van der Waals surface area contributed by atoms with E-state index in [1.807, 2.05) is 0 Å². The molecular weight excluding hydrogens is 454 g/mol. The van der Waals surface area contributed by atoms with E-state index in [4.69, 9.17) is 4.52 Å². The Kier molecular flexibility index (Phi) is 3.13. The summed E-state index contributed by atoms with van der Waals surface area (Å²) in [6.07, 6.45) is 0.0676. The molecule has 0 unspecified atom stereocenters. The van der Waals surface area contributed by atoms with E-state index in [2.05, 4.69) is 117 Å². The number of nitrogens with zero attached hydrogens (tertiary/aromatic N) is 2. The fraction of sp³-hybridized carbons (Fsp3) is 0. The number of hydrogen-bond donors (Lipinski definition) is 0. The van der Waals surface area contributed by atoms with Crippen LogP contribution in [0.3, 0.4) is 0 Å². The molecule has 6 aliphatic heterocycles. The average molecular weight is 469 g/mol. The zero-order valence-electron chi connectivity index (χ0n) is 19.0. The predicted molar refractivity (Wildman–Crippen MR) is 162 cm³/mol. The summed E-state index contributed by atoms with van der Waals surface area (Å²) >= 11 is 0. The van der Waals surface area contributed by atoms with Gasteiger partial charge in [0, 0.05) is 0 Å². The molecule has 4 fully saturated rings. The van der Waals surface area contributed by atoms with E-state index in [0.29, 0.717) is 12.9 Å². The number of hydrogen-bond acceptors (Lipinski definition) is 2. The van der Waals surface area contributed by atoms with Crippen molar-refractivity contribution in [2.24, 2.45) is 4.52 Å². The van der Waals surface area contributed by atoms with Gasteiger partial charge >= 0.3 is 210 Å². The van der Waals surface area contributed by atoms with Crippen LogP contribution in [0.2, 0.25) is 0 Å². The molecule has 4 aromatic carbocycles. The van der Waals surface area contributed by atoms with Crippen molar-refractivity contribution < 1.29 is 0 Å². The Labute approximate surface area is 209 Å². The summed E-state index contributed by atoms with van der Waals surface area (Å²) in [4.78, 5) is 2.57. The first-order valence-corrected chi connectivity index (χ1v) is 16.4. The Morgan fingerprint density at radius 2 is 1.40 bits per heavy atom. The summed E-state index contributed by atoms with van der Waals surface area (Å²) < 4.78 is 5.71. The molecule has 11 heteroatoms. The van der Waals surface area contributed by atoms with E-state index < -0.39 is 6.39 Å². The van der Waals surface area contributed by atoms with Gasteiger partial charge in [0.25, 0.3) is 0 Å². The van der Waals surface area contributed by atoms with Crippen LogP contribution in [0, 0.1) is 0 Å². The van der Waals surface area contributed by atoms with Gasteiger partial charge in [-0.05, 0) is 0 Å². The fourth-order valence-corrected chi connectivity index (χ4v) is 16.3. The molecule has 0 aliphatic carbocycles. The van der Waals surface area contributed by atoms with E-state index in [1.54, 1.807) is 0 Å². The minimum absolute atomic E-state index is 0.0929. The van der Waals surface area contributed by atoms with Crippen LogP contribution in [0.5, 0.6) is 0 Å². The van der Waals surface area contributed by atoms with Crippen molar-refractivity contribution in [3.63, 3.8) is 0 Å². The molecule has 5 radical (unpaired) electrons. The zero-order valence-corrected chi connectivity index (χ0v) is 20.8. The molecular formula is C24H15B7N2P2-. The Bertz CT molecular complexity index is 1710. The van der Waals surface area contributed by atoms with Crippen LogP contribution >= 0.6 is 13.9 Å². The van der Waals surface area contributed by atoms with Gasteiger partial charge in [-0.3, -0.25) is 0 Å². The Morgan fingerprint density at radius 1 is 0.743 bits per heavy atom. The molecule has 4 aromatic rings. The third kappa shape index (κ3) is 2.12. The number of para-hydroxylation sites is 2. The van der Waals surface area contributed by atoms with Gasteiger partial charge in [-0.15, -0.1) is 0 Å². The zero-order chi connectivity index (χ0) is 22.5. The molecule has 4 saturated heterocycles. The van der Waals surface area contributed by atoms with E-state index in [-0.39, 0.29) is 7.47 Å². The van der Waals surface area contributed by atoms with Crippen LogP contribution < -0.4 is 26.6 Å².